The Morgan fingerprint density at radius 1 is 1.00 bits per heavy atom. The van der Waals surface area contributed by atoms with E-state index in [2.05, 4.69) is 11.4 Å². The van der Waals surface area contributed by atoms with Crippen molar-refractivity contribution in [2.24, 2.45) is 0 Å². The van der Waals surface area contributed by atoms with E-state index in [9.17, 15) is 9.59 Å². The molecule has 5 heteroatoms. The van der Waals surface area contributed by atoms with Crippen molar-refractivity contribution < 1.29 is 19.1 Å². The molecule has 0 saturated heterocycles. The third-order valence-corrected chi connectivity index (χ3v) is 4.14. The quantitative estimate of drug-likeness (QED) is 0.725. The van der Waals surface area contributed by atoms with E-state index >= 15 is 0 Å². The molecule has 5 nitrogen and oxygen atoms in total. The Morgan fingerprint density at radius 2 is 1.67 bits per heavy atom. The minimum Gasteiger partial charge on any atom is -0.481 e. The molecule has 0 aliphatic carbocycles. The normalized spacial score (nSPS) is 11.6. The van der Waals surface area contributed by atoms with E-state index in [-0.39, 0.29) is 5.91 Å². The number of esters is 1. The van der Waals surface area contributed by atoms with E-state index in [1.165, 1.54) is 0 Å². The summed E-state index contributed by atoms with van der Waals surface area (Å²) in [6.45, 7) is 9.81. The molecule has 0 radical (unpaired) electrons. The van der Waals surface area contributed by atoms with Crippen LogP contribution in [0.15, 0.2) is 36.4 Å². The highest BCUT2D eigenvalue weighted by molar-refractivity contribution is 5.97. The number of ether oxygens (including phenoxy) is 2. The number of amides is 1. The minimum absolute atomic E-state index is 0.249. The highest BCUT2D eigenvalue weighted by atomic mass is 16.5. The molecule has 0 fully saturated rings. The predicted octanol–water partition coefficient (Wildman–Crippen LogP) is 4.58. The molecule has 27 heavy (non-hydrogen) atoms. The van der Waals surface area contributed by atoms with Crippen LogP contribution >= 0.6 is 0 Å². The molecule has 2 aromatic rings. The number of rotatable bonds is 7. The van der Waals surface area contributed by atoms with Gasteiger partial charge in [0.05, 0.1) is 12.2 Å². The Balaban J connectivity index is 2.16. The first kappa shape index (κ1) is 20.5. The van der Waals surface area contributed by atoms with Crippen LogP contribution in [0, 0.1) is 20.8 Å². The van der Waals surface area contributed by atoms with E-state index in [0.717, 1.165) is 16.7 Å². The van der Waals surface area contributed by atoms with Gasteiger partial charge in [-0.1, -0.05) is 19.1 Å². The second-order valence-electron chi connectivity index (χ2n) is 6.58. The number of nitrogens with one attached hydrogen (secondary N) is 1. The summed E-state index contributed by atoms with van der Waals surface area (Å²) >= 11 is 0. The first-order valence-corrected chi connectivity index (χ1v) is 9.17. The number of benzene rings is 2. The SMILES string of the molecule is CCOC(=O)c1ccc(C)c(NC(=O)C(CC)Oc2cc(C)cc(C)c2)c1. The lowest BCUT2D eigenvalue weighted by Gasteiger charge is -2.19. The van der Waals surface area contributed by atoms with E-state index in [0.29, 0.717) is 30.0 Å². The summed E-state index contributed by atoms with van der Waals surface area (Å²) < 4.78 is 10.9. The van der Waals surface area contributed by atoms with Gasteiger partial charge in [0, 0.05) is 5.69 Å². The van der Waals surface area contributed by atoms with Crippen molar-refractivity contribution in [3.63, 3.8) is 0 Å². The molecule has 0 aliphatic heterocycles. The first-order chi connectivity index (χ1) is 12.8. The monoisotopic (exact) mass is 369 g/mol. The number of hydrogen-bond donors (Lipinski definition) is 1. The standard InChI is InChI=1S/C22H27NO4/c1-6-20(27-18-11-14(3)10-15(4)12-18)21(24)23-19-13-17(9-8-16(19)5)22(25)26-7-2/h8-13,20H,6-7H2,1-5H3,(H,23,24). The van der Waals surface area contributed by atoms with Gasteiger partial charge in [-0.25, -0.2) is 4.79 Å². The van der Waals surface area contributed by atoms with Crippen molar-refractivity contribution in [2.45, 2.75) is 47.1 Å². The molecule has 144 valence electrons. The van der Waals surface area contributed by atoms with Gasteiger partial charge in [0.25, 0.3) is 5.91 Å². The van der Waals surface area contributed by atoms with E-state index in [1.54, 1.807) is 25.1 Å². The van der Waals surface area contributed by atoms with Gasteiger partial charge in [0.2, 0.25) is 0 Å². The summed E-state index contributed by atoms with van der Waals surface area (Å²) in [5, 5.41) is 2.88. The molecule has 2 rings (SSSR count). The summed E-state index contributed by atoms with van der Waals surface area (Å²) in [5.74, 6) is 0.0128. The van der Waals surface area contributed by atoms with Gasteiger partial charge in [-0.3, -0.25) is 4.79 Å². The molecule has 0 spiro atoms. The van der Waals surface area contributed by atoms with E-state index in [1.807, 2.05) is 39.8 Å². The lowest BCUT2D eigenvalue weighted by atomic mass is 10.1. The van der Waals surface area contributed by atoms with Gasteiger partial charge in [0.15, 0.2) is 6.10 Å². The van der Waals surface area contributed by atoms with Crippen molar-refractivity contribution in [3.8, 4) is 5.75 Å². The summed E-state index contributed by atoms with van der Waals surface area (Å²) in [6.07, 6.45) is -0.105. The van der Waals surface area contributed by atoms with Crippen molar-refractivity contribution in [1.29, 1.82) is 0 Å². The van der Waals surface area contributed by atoms with Crippen molar-refractivity contribution in [3.05, 3.63) is 58.7 Å². The molecule has 0 bridgehead atoms. The summed E-state index contributed by atoms with van der Waals surface area (Å²) in [7, 11) is 0. The van der Waals surface area contributed by atoms with Crippen LogP contribution in [0.5, 0.6) is 5.75 Å². The molecule has 0 aromatic heterocycles. The second-order valence-corrected chi connectivity index (χ2v) is 6.58. The largest absolute Gasteiger partial charge is 0.481 e. The highest BCUT2D eigenvalue weighted by Gasteiger charge is 2.20. The fraction of sp³-hybridized carbons (Fsp3) is 0.364. The molecule has 2 aromatic carbocycles. The number of hydrogen-bond acceptors (Lipinski definition) is 4. The summed E-state index contributed by atoms with van der Waals surface area (Å²) in [5.41, 5.74) is 4.00. The Hall–Kier alpha value is -2.82. The number of carbonyl (C=O) groups is 2. The average molecular weight is 369 g/mol. The Kier molecular flexibility index (Phi) is 6.99. The Morgan fingerprint density at radius 3 is 2.26 bits per heavy atom. The first-order valence-electron chi connectivity index (χ1n) is 9.17. The molecular formula is C22H27NO4. The molecule has 1 N–H and O–H groups in total. The molecular weight excluding hydrogens is 342 g/mol. The molecule has 0 aliphatic rings. The van der Waals surface area contributed by atoms with Crippen LogP contribution in [0.1, 0.15) is 47.3 Å². The number of aryl methyl sites for hydroxylation is 3. The highest BCUT2D eigenvalue weighted by Crippen LogP contribution is 2.21. The zero-order chi connectivity index (χ0) is 20.0. The third-order valence-electron chi connectivity index (χ3n) is 4.14. The predicted molar refractivity (Wildman–Crippen MR) is 106 cm³/mol. The van der Waals surface area contributed by atoms with Crippen LogP contribution in [-0.4, -0.2) is 24.6 Å². The van der Waals surface area contributed by atoms with Gasteiger partial charge in [-0.15, -0.1) is 0 Å². The molecule has 0 heterocycles. The number of carbonyl (C=O) groups excluding carboxylic acids is 2. The topological polar surface area (TPSA) is 64.6 Å². The van der Waals surface area contributed by atoms with Gasteiger partial charge < -0.3 is 14.8 Å². The van der Waals surface area contributed by atoms with Crippen molar-refractivity contribution in [1.82, 2.24) is 0 Å². The van der Waals surface area contributed by atoms with Crippen LogP contribution < -0.4 is 10.1 Å². The van der Waals surface area contributed by atoms with Crippen LogP contribution in [-0.2, 0) is 9.53 Å². The lowest BCUT2D eigenvalue weighted by Crippen LogP contribution is -2.32. The number of anilines is 1. The maximum Gasteiger partial charge on any atom is 0.338 e. The van der Waals surface area contributed by atoms with Crippen LogP contribution in [0.3, 0.4) is 0 Å². The zero-order valence-corrected chi connectivity index (χ0v) is 16.6. The molecule has 1 unspecified atom stereocenters. The minimum atomic E-state index is -0.628. The smallest absolute Gasteiger partial charge is 0.338 e. The van der Waals surface area contributed by atoms with Gasteiger partial charge in [-0.2, -0.15) is 0 Å². The maximum atomic E-state index is 12.7. The van der Waals surface area contributed by atoms with E-state index in [4.69, 9.17) is 9.47 Å². The average Bonchev–Trinajstić information content (AvgIpc) is 2.60. The second kappa shape index (κ2) is 9.21. The Bertz CT molecular complexity index is 809. The maximum absolute atomic E-state index is 12.7. The van der Waals surface area contributed by atoms with Crippen molar-refractivity contribution >= 4 is 17.6 Å². The van der Waals surface area contributed by atoms with Crippen LogP contribution in [0.4, 0.5) is 5.69 Å². The summed E-state index contributed by atoms with van der Waals surface area (Å²) in [6, 6.07) is 11.0. The van der Waals surface area contributed by atoms with Crippen LogP contribution in [0.2, 0.25) is 0 Å². The fourth-order valence-electron chi connectivity index (χ4n) is 2.80. The summed E-state index contributed by atoms with van der Waals surface area (Å²) in [4.78, 5) is 24.7. The van der Waals surface area contributed by atoms with Crippen molar-refractivity contribution in [2.75, 3.05) is 11.9 Å². The third kappa shape index (κ3) is 5.58. The fourth-order valence-corrected chi connectivity index (χ4v) is 2.80. The lowest BCUT2D eigenvalue weighted by molar-refractivity contribution is -0.122. The molecule has 0 saturated carbocycles. The van der Waals surface area contributed by atoms with Gasteiger partial charge >= 0.3 is 5.97 Å². The van der Waals surface area contributed by atoms with Crippen LogP contribution in [0.25, 0.3) is 0 Å². The van der Waals surface area contributed by atoms with Gasteiger partial charge in [0.1, 0.15) is 5.75 Å². The molecule has 1 amide bonds. The van der Waals surface area contributed by atoms with Gasteiger partial charge in [-0.05, 0) is 75.1 Å². The molecule has 1 atom stereocenters. The zero-order valence-electron chi connectivity index (χ0n) is 16.6. The Labute approximate surface area is 160 Å². The van der Waals surface area contributed by atoms with E-state index < -0.39 is 12.1 Å².